The van der Waals surface area contributed by atoms with Gasteiger partial charge in [-0.25, -0.2) is 0 Å². The van der Waals surface area contributed by atoms with Gasteiger partial charge in [0, 0.05) is 6.54 Å². The highest BCUT2D eigenvalue weighted by molar-refractivity contribution is 5.84. The Hall–Kier alpha value is -0.610. The molecule has 1 heterocycles. The van der Waals surface area contributed by atoms with Gasteiger partial charge in [-0.2, -0.15) is 0 Å². The van der Waals surface area contributed by atoms with Gasteiger partial charge in [-0.05, 0) is 40.2 Å². The van der Waals surface area contributed by atoms with Crippen molar-refractivity contribution in [2.24, 2.45) is 5.41 Å². The molecule has 0 aliphatic carbocycles. The number of amides is 1. The average molecular weight is 228 g/mol. The van der Waals surface area contributed by atoms with Crippen LogP contribution in [-0.2, 0) is 4.79 Å². The SMILES string of the molecule is CCC1(C(=O)NC(C)(C)C(C)O)CCNC1. The van der Waals surface area contributed by atoms with Gasteiger partial charge in [0.1, 0.15) is 0 Å². The number of hydrogen-bond acceptors (Lipinski definition) is 3. The van der Waals surface area contributed by atoms with Crippen LogP contribution in [0.5, 0.6) is 0 Å². The first-order valence-electron chi connectivity index (χ1n) is 6.05. The highest BCUT2D eigenvalue weighted by Crippen LogP contribution is 2.30. The molecule has 1 aliphatic heterocycles. The van der Waals surface area contributed by atoms with Crippen LogP contribution in [0.3, 0.4) is 0 Å². The number of carbonyl (C=O) groups is 1. The molecule has 1 aliphatic rings. The molecular formula is C12H24N2O2. The largest absolute Gasteiger partial charge is 0.391 e. The van der Waals surface area contributed by atoms with E-state index >= 15 is 0 Å². The molecule has 0 aromatic heterocycles. The Morgan fingerprint density at radius 1 is 1.62 bits per heavy atom. The van der Waals surface area contributed by atoms with Gasteiger partial charge < -0.3 is 15.7 Å². The molecule has 0 saturated carbocycles. The van der Waals surface area contributed by atoms with Gasteiger partial charge in [-0.3, -0.25) is 4.79 Å². The third kappa shape index (κ3) is 2.55. The van der Waals surface area contributed by atoms with Crippen LogP contribution in [0.4, 0.5) is 0 Å². The lowest BCUT2D eigenvalue weighted by Crippen LogP contribution is -2.56. The molecule has 0 radical (unpaired) electrons. The van der Waals surface area contributed by atoms with E-state index in [1.165, 1.54) is 0 Å². The van der Waals surface area contributed by atoms with Crippen molar-refractivity contribution in [3.05, 3.63) is 0 Å². The third-order valence-corrected chi connectivity index (χ3v) is 3.88. The van der Waals surface area contributed by atoms with Gasteiger partial charge in [0.25, 0.3) is 0 Å². The van der Waals surface area contributed by atoms with Crippen LogP contribution in [0.1, 0.15) is 40.5 Å². The lowest BCUT2D eigenvalue weighted by molar-refractivity contribution is -0.133. The summed E-state index contributed by atoms with van der Waals surface area (Å²) in [5, 5.41) is 15.8. The Balaban J connectivity index is 2.70. The first kappa shape index (κ1) is 13.5. The maximum Gasteiger partial charge on any atom is 0.228 e. The predicted octanol–water partition coefficient (Wildman–Crippen LogP) is 0.652. The lowest BCUT2D eigenvalue weighted by Gasteiger charge is -2.34. The molecule has 0 aromatic carbocycles. The van der Waals surface area contributed by atoms with Crippen molar-refractivity contribution in [1.82, 2.24) is 10.6 Å². The Kier molecular flexibility index (Phi) is 3.97. The fraction of sp³-hybridized carbons (Fsp3) is 0.917. The lowest BCUT2D eigenvalue weighted by atomic mass is 9.82. The summed E-state index contributed by atoms with van der Waals surface area (Å²) < 4.78 is 0. The van der Waals surface area contributed by atoms with Crippen LogP contribution < -0.4 is 10.6 Å². The molecule has 1 amide bonds. The minimum Gasteiger partial charge on any atom is -0.391 e. The normalized spacial score (nSPS) is 27.8. The molecule has 0 aromatic rings. The molecular weight excluding hydrogens is 204 g/mol. The second kappa shape index (κ2) is 4.72. The zero-order valence-electron chi connectivity index (χ0n) is 10.8. The van der Waals surface area contributed by atoms with Crippen molar-refractivity contribution in [3.63, 3.8) is 0 Å². The molecule has 0 spiro atoms. The molecule has 0 bridgehead atoms. The van der Waals surface area contributed by atoms with Crippen molar-refractivity contribution in [3.8, 4) is 0 Å². The summed E-state index contributed by atoms with van der Waals surface area (Å²) in [5.41, 5.74) is -0.853. The summed E-state index contributed by atoms with van der Waals surface area (Å²) in [6.45, 7) is 9.08. The zero-order valence-corrected chi connectivity index (χ0v) is 10.8. The Morgan fingerprint density at radius 3 is 2.62 bits per heavy atom. The van der Waals surface area contributed by atoms with Crippen molar-refractivity contribution in [2.75, 3.05) is 13.1 Å². The summed E-state index contributed by atoms with van der Waals surface area (Å²) >= 11 is 0. The molecule has 94 valence electrons. The first-order valence-corrected chi connectivity index (χ1v) is 6.05. The number of hydrogen-bond donors (Lipinski definition) is 3. The standard InChI is InChI=1S/C12H24N2O2/c1-5-12(6-7-13-8-12)10(16)14-11(3,4)9(2)15/h9,13,15H,5-8H2,1-4H3,(H,14,16). The zero-order chi connectivity index (χ0) is 12.4. The highest BCUT2D eigenvalue weighted by atomic mass is 16.3. The molecule has 16 heavy (non-hydrogen) atoms. The number of aliphatic hydroxyl groups is 1. The number of aliphatic hydroxyl groups excluding tert-OH is 1. The van der Waals surface area contributed by atoms with Gasteiger partial charge in [-0.15, -0.1) is 0 Å². The number of rotatable bonds is 4. The van der Waals surface area contributed by atoms with Gasteiger partial charge >= 0.3 is 0 Å². The average Bonchev–Trinajstić information content (AvgIpc) is 2.66. The Labute approximate surface area is 97.8 Å². The maximum absolute atomic E-state index is 12.3. The highest BCUT2D eigenvalue weighted by Gasteiger charge is 2.41. The van der Waals surface area contributed by atoms with Crippen LogP contribution >= 0.6 is 0 Å². The van der Waals surface area contributed by atoms with E-state index in [1.54, 1.807) is 6.92 Å². The molecule has 4 nitrogen and oxygen atoms in total. The Bertz CT molecular complexity index is 256. The Morgan fingerprint density at radius 2 is 2.25 bits per heavy atom. The summed E-state index contributed by atoms with van der Waals surface area (Å²) in [7, 11) is 0. The first-order chi connectivity index (χ1) is 7.34. The second-order valence-corrected chi connectivity index (χ2v) is 5.41. The van der Waals surface area contributed by atoms with Crippen LogP contribution in [-0.4, -0.2) is 35.7 Å². The molecule has 2 unspecified atom stereocenters. The van der Waals surface area contributed by atoms with E-state index in [0.717, 1.165) is 25.9 Å². The molecule has 2 atom stereocenters. The van der Waals surface area contributed by atoms with Crippen molar-refractivity contribution < 1.29 is 9.90 Å². The van der Waals surface area contributed by atoms with E-state index in [0.29, 0.717) is 0 Å². The summed E-state index contributed by atoms with van der Waals surface area (Å²) in [6.07, 6.45) is 1.16. The second-order valence-electron chi connectivity index (χ2n) is 5.41. The van der Waals surface area contributed by atoms with Gasteiger partial charge in [0.2, 0.25) is 5.91 Å². The van der Waals surface area contributed by atoms with Crippen LogP contribution in [0.25, 0.3) is 0 Å². The van der Waals surface area contributed by atoms with E-state index in [-0.39, 0.29) is 11.3 Å². The summed E-state index contributed by atoms with van der Waals surface area (Å²) in [5.74, 6) is 0.0610. The van der Waals surface area contributed by atoms with E-state index in [9.17, 15) is 9.90 Å². The molecule has 1 saturated heterocycles. The minimum absolute atomic E-state index is 0.0610. The minimum atomic E-state index is -0.568. The van der Waals surface area contributed by atoms with Gasteiger partial charge in [0.05, 0.1) is 17.1 Å². The van der Waals surface area contributed by atoms with E-state index < -0.39 is 11.6 Å². The predicted molar refractivity (Wildman–Crippen MR) is 64.1 cm³/mol. The van der Waals surface area contributed by atoms with Crippen molar-refractivity contribution >= 4 is 5.91 Å². The van der Waals surface area contributed by atoms with Gasteiger partial charge in [0.15, 0.2) is 0 Å². The summed E-state index contributed by atoms with van der Waals surface area (Å²) in [6, 6.07) is 0. The molecule has 1 rings (SSSR count). The molecule has 4 heteroatoms. The summed E-state index contributed by atoms with van der Waals surface area (Å²) in [4.78, 5) is 12.3. The quantitative estimate of drug-likeness (QED) is 0.662. The molecule has 3 N–H and O–H groups in total. The van der Waals surface area contributed by atoms with Crippen molar-refractivity contribution in [1.29, 1.82) is 0 Å². The fourth-order valence-electron chi connectivity index (χ4n) is 1.93. The van der Waals surface area contributed by atoms with E-state index in [2.05, 4.69) is 10.6 Å². The number of nitrogens with one attached hydrogen (secondary N) is 2. The van der Waals surface area contributed by atoms with Crippen LogP contribution in [0.15, 0.2) is 0 Å². The smallest absolute Gasteiger partial charge is 0.228 e. The number of carbonyl (C=O) groups excluding carboxylic acids is 1. The van der Waals surface area contributed by atoms with E-state index in [1.807, 2.05) is 20.8 Å². The van der Waals surface area contributed by atoms with Crippen molar-refractivity contribution in [2.45, 2.75) is 52.2 Å². The maximum atomic E-state index is 12.3. The van der Waals surface area contributed by atoms with E-state index in [4.69, 9.17) is 0 Å². The van der Waals surface area contributed by atoms with Crippen LogP contribution in [0, 0.1) is 5.41 Å². The van der Waals surface area contributed by atoms with Gasteiger partial charge in [-0.1, -0.05) is 6.92 Å². The van der Waals surface area contributed by atoms with Crippen LogP contribution in [0.2, 0.25) is 0 Å². The monoisotopic (exact) mass is 228 g/mol. The fourth-order valence-corrected chi connectivity index (χ4v) is 1.93. The topological polar surface area (TPSA) is 61.4 Å². The third-order valence-electron chi connectivity index (χ3n) is 3.88. The molecule has 1 fully saturated rings.